The van der Waals surface area contributed by atoms with Crippen LogP contribution < -0.4 is 4.74 Å². The van der Waals surface area contributed by atoms with Crippen molar-refractivity contribution in [3.05, 3.63) is 57.8 Å². The van der Waals surface area contributed by atoms with Crippen LogP contribution in [0.25, 0.3) is 0 Å². The van der Waals surface area contributed by atoms with E-state index in [2.05, 4.69) is 0 Å². The Labute approximate surface area is 119 Å². The maximum Gasteiger partial charge on any atom is 0.134 e. The van der Waals surface area contributed by atoms with Gasteiger partial charge in [-0.2, -0.15) is 0 Å². The monoisotopic (exact) mass is 304 g/mol. The van der Waals surface area contributed by atoms with E-state index < -0.39 is 5.82 Å². The summed E-state index contributed by atoms with van der Waals surface area (Å²) in [5, 5.41) is 0.891. The van der Waals surface area contributed by atoms with Gasteiger partial charge in [0.25, 0.3) is 0 Å². The molecule has 18 heavy (non-hydrogen) atoms. The first-order chi connectivity index (χ1) is 8.60. The number of hydrogen-bond acceptors (Lipinski definition) is 1. The van der Waals surface area contributed by atoms with Gasteiger partial charge in [0.1, 0.15) is 17.3 Å². The van der Waals surface area contributed by atoms with Crippen molar-refractivity contribution in [1.82, 2.24) is 0 Å². The van der Waals surface area contributed by atoms with Crippen LogP contribution in [0.2, 0.25) is 10.0 Å². The zero-order valence-corrected chi connectivity index (χ0v) is 11.4. The van der Waals surface area contributed by atoms with Crippen molar-refractivity contribution in [3.63, 3.8) is 0 Å². The molecule has 0 N–H and O–H groups in total. The van der Waals surface area contributed by atoms with Crippen LogP contribution in [0.3, 0.4) is 0 Å². The maximum atomic E-state index is 13.5. The molecule has 0 fully saturated rings. The minimum atomic E-state index is -0.407. The van der Waals surface area contributed by atoms with E-state index in [1.165, 1.54) is 6.07 Å². The predicted octanol–water partition coefficient (Wildman–Crippen LogP) is 5.66. The molecular formula is C13H8Cl3FO. The molecule has 0 spiro atoms. The Kier molecular flexibility index (Phi) is 4.33. The summed E-state index contributed by atoms with van der Waals surface area (Å²) in [4.78, 5) is 0. The Morgan fingerprint density at radius 1 is 1.06 bits per heavy atom. The lowest BCUT2D eigenvalue weighted by Crippen LogP contribution is -1.93. The molecule has 0 aliphatic heterocycles. The number of halogens is 4. The van der Waals surface area contributed by atoms with Crippen LogP contribution in [0.4, 0.5) is 4.39 Å². The average Bonchev–Trinajstić information content (AvgIpc) is 2.27. The topological polar surface area (TPSA) is 9.23 Å². The molecule has 0 saturated heterocycles. The van der Waals surface area contributed by atoms with Crippen molar-refractivity contribution in [3.8, 4) is 11.5 Å². The molecule has 0 aliphatic rings. The highest BCUT2D eigenvalue weighted by molar-refractivity contribution is 6.34. The average molecular weight is 306 g/mol. The lowest BCUT2D eigenvalue weighted by Gasteiger charge is -2.10. The van der Waals surface area contributed by atoms with Gasteiger partial charge in [-0.1, -0.05) is 29.3 Å². The van der Waals surface area contributed by atoms with Gasteiger partial charge >= 0.3 is 0 Å². The van der Waals surface area contributed by atoms with Gasteiger partial charge in [-0.3, -0.25) is 0 Å². The molecule has 0 bridgehead atoms. The molecule has 5 heteroatoms. The molecule has 1 nitrogen and oxygen atoms in total. The first-order valence-corrected chi connectivity index (χ1v) is 6.36. The predicted molar refractivity (Wildman–Crippen MR) is 72.5 cm³/mol. The maximum absolute atomic E-state index is 13.5. The second-order valence-electron chi connectivity index (χ2n) is 3.56. The lowest BCUT2D eigenvalue weighted by molar-refractivity contribution is 0.470. The standard InChI is InChI=1S/C13H8Cl3FO/c14-7-11-12(17)2-1-3-13(11)18-10-5-8(15)4-9(16)6-10/h1-6H,7H2. The smallest absolute Gasteiger partial charge is 0.134 e. The minimum absolute atomic E-state index is 0.0241. The van der Waals surface area contributed by atoms with Gasteiger partial charge in [0.15, 0.2) is 0 Å². The molecule has 2 aromatic rings. The van der Waals surface area contributed by atoms with Crippen molar-refractivity contribution in [1.29, 1.82) is 0 Å². The molecule has 0 saturated carbocycles. The van der Waals surface area contributed by atoms with Crippen molar-refractivity contribution in [2.45, 2.75) is 5.88 Å². The molecule has 0 atom stereocenters. The summed E-state index contributed by atoms with van der Waals surface area (Å²) in [6, 6.07) is 9.29. The minimum Gasteiger partial charge on any atom is -0.457 e. The Morgan fingerprint density at radius 2 is 1.72 bits per heavy atom. The van der Waals surface area contributed by atoms with Gasteiger partial charge in [-0.05, 0) is 30.3 Å². The van der Waals surface area contributed by atoms with Crippen molar-refractivity contribution in [2.24, 2.45) is 0 Å². The summed E-state index contributed by atoms with van der Waals surface area (Å²) in [5.41, 5.74) is 0.301. The molecule has 0 heterocycles. The van der Waals surface area contributed by atoms with Gasteiger partial charge in [0.05, 0.1) is 5.88 Å². The summed E-state index contributed by atoms with van der Waals surface area (Å²) < 4.78 is 19.0. The SMILES string of the molecule is Fc1cccc(Oc2cc(Cl)cc(Cl)c2)c1CCl. The summed E-state index contributed by atoms with van der Waals surface area (Å²) in [5.74, 6) is 0.402. The van der Waals surface area contributed by atoms with Gasteiger partial charge in [-0.15, -0.1) is 11.6 Å². The highest BCUT2D eigenvalue weighted by Gasteiger charge is 2.10. The fourth-order valence-corrected chi connectivity index (χ4v) is 2.24. The summed E-state index contributed by atoms with van der Waals surface area (Å²) in [6.45, 7) is 0. The number of rotatable bonds is 3. The van der Waals surface area contributed by atoms with E-state index in [0.717, 1.165) is 0 Å². The van der Waals surface area contributed by atoms with E-state index in [4.69, 9.17) is 39.5 Å². The van der Waals surface area contributed by atoms with Gasteiger partial charge in [0.2, 0.25) is 0 Å². The number of alkyl halides is 1. The quantitative estimate of drug-likeness (QED) is 0.664. The first-order valence-electron chi connectivity index (χ1n) is 5.07. The molecular weight excluding hydrogens is 297 g/mol. The van der Waals surface area contributed by atoms with Crippen LogP contribution in [-0.2, 0) is 5.88 Å². The molecule has 0 aromatic heterocycles. The lowest BCUT2D eigenvalue weighted by atomic mass is 10.2. The van der Waals surface area contributed by atoms with Gasteiger partial charge in [0, 0.05) is 15.6 Å². The third-order valence-electron chi connectivity index (χ3n) is 2.27. The van der Waals surface area contributed by atoms with Crippen LogP contribution in [0, 0.1) is 5.82 Å². The number of hydrogen-bond donors (Lipinski definition) is 0. The molecule has 0 aliphatic carbocycles. The van der Waals surface area contributed by atoms with Crippen LogP contribution in [0.5, 0.6) is 11.5 Å². The van der Waals surface area contributed by atoms with Crippen molar-refractivity contribution in [2.75, 3.05) is 0 Å². The summed E-state index contributed by atoms with van der Waals surface area (Å²) in [7, 11) is 0. The van der Waals surface area contributed by atoms with Crippen LogP contribution in [0.15, 0.2) is 36.4 Å². The fraction of sp³-hybridized carbons (Fsp3) is 0.0769. The Balaban J connectivity index is 2.36. The van der Waals surface area contributed by atoms with Crippen LogP contribution >= 0.6 is 34.8 Å². The fourth-order valence-electron chi connectivity index (χ4n) is 1.48. The van der Waals surface area contributed by atoms with E-state index in [1.54, 1.807) is 30.3 Å². The van der Waals surface area contributed by atoms with E-state index in [9.17, 15) is 4.39 Å². The highest BCUT2D eigenvalue weighted by atomic mass is 35.5. The molecule has 2 aromatic carbocycles. The largest absolute Gasteiger partial charge is 0.457 e. The van der Waals surface area contributed by atoms with E-state index in [0.29, 0.717) is 27.1 Å². The Bertz CT molecular complexity index is 552. The van der Waals surface area contributed by atoms with Crippen molar-refractivity contribution >= 4 is 34.8 Å². The van der Waals surface area contributed by atoms with Gasteiger partial charge in [-0.25, -0.2) is 4.39 Å². The summed E-state index contributed by atoms with van der Waals surface area (Å²) >= 11 is 17.4. The van der Waals surface area contributed by atoms with E-state index >= 15 is 0 Å². The van der Waals surface area contributed by atoms with Gasteiger partial charge < -0.3 is 4.74 Å². The van der Waals surface area contributed by atoms with Crippen LogP contribution in [0.1, 0.15) is 5.56 Å². The molecule has 2 rings (SSSR count). The second kappa shape index (κ2) is 5.79. The Hall–Kier alpha value is -0.960. The zero-order chi connectivity index (χ0) is 13.1. The second-order valence-corrected chi connectivity index (χ2v) is 4.70. The van der Waals surface area contributed by atoms with E-state index in [-0.39, 0.29) is 5.88 Å². The van der Waals surface area contributed by atoms with E-state index in [1.807, 2.05) is 0 Å². The number of benzene rings is 2. The van der Waals surface area contributed by atoms with Crippen molar-refractivity contribution < 1.29 is 9.13 Å². The Morgan fingerprint density at radius 3 is 2.33 bits per heavy atom. The third kappa shape index (κ3) is 3.08. The normalized spacial score (nSPS) is 10.4. The molecule has 0 radical (unpaired) electrons. The number of ether oxygens (including phenoxy) is 1. The first kappa shape index (κ1) is 13.5. The summed E-state index contributed by atoms with van der Waals surface area (Å²) in [6.07, 6.45) is 0. The molecule has 94 valence electrons. The highest BCUT2D eigenvalue weighted by Crippen LogP contribution is 2.31. The van der Waals surface area contributed by atoms with Crippen LogP contribution in [-0.4, -0.2) is 0 Å². The third-order valence-corrected chi connectivity index (χ3v) is 2.98. The zero-order valence-electron chi connectivity index (χ0n) is 9.09. The molecule has 0 amide bonds. The molecule has 0 unspecified atom stereocenters.